The van der Waals surface area contributed by atoms with Gasteiger partial charge in [0.1, 0.15) is 0 Å². The first-order valence-corrected chi connectivity index (χ1v) is 6.54. The van der Waals surface area contributed by atoms with E-state index in [1.54, 1.807) is 0 Å². The van der Waals surface area contributed by atoms with Crippen molar-refractivity contribution in [3.05, 3.63) is 0 Å². The average molecular weight is 213 g/mol. The summed E-state index contributed by atoms with van der Waals surface area (Å²) in [4.78, 5) is 5.13. The zero-order valence-electron chi connectivity index (χ0n) is 10.6. The Hall–Kier alpha value is -0.120. The fourth-order valence-corrected chi connectivity index (χ4v) is 2.31. The molecule has 0 aliphatic carbocycles. The summed E-state index contributed by atoms with van der Waals surface area (Å²) in [5.41, 5.74) is 0. The number of hydrogen-bond donors (Lipinski definition) is 1. The second kappa shape index (κ2) is 7.20. The molecule has 3 nitrogen and oxygen atoms in total. The zero-order chi connectivity index (χ0) is 11.1. The van der Waals surface area contributed by atoms with Gasteiger partial charge in [0.2, 0.25) is 0 Å². The summed E-state index contributed by atoms with van der Waals surface area (Å²) in [5, 5.41) is 3.39. The lowest BCUT2D eigenvalue weighted by Gasteiger charge is -2.42. The first kappa shape index (κ1) is 12.9. The Morgan fingerprint density at radius 3 is 2.20 bits per heavy atom. The molecule has 15 heavy (non-hydrogen) atoms. The maximum absolute atomic E-state index is 3.39. The normalized spacial score (nSPS) is 24.2. The predicted molar refractivity (Wildman–Crippen MR) is 66.3 cm³/mol. The van der Waals surface area contributed by atoms with Crippen LogP contribution in [0, 0.1) is 5.92 Å². The van der Waals surface area contributed by atoms with E-state index in [2.05, 4.69) is 22.0 Å². The van der Waals surface area contributed by atoms with Crippen LogP contribution in [0.15, 0.2) is 0 Å². The van der Waals surface area contributed by atoms with Crippen LogP contribution in [-0.4, -0.2) is 62.2 Å². The molecule has 0 saturated carbocycles. The molecule has 2 aliphatic heterocycles. The third kappa shape index (κ3) is 4.09. The minimum absolute atomic E-state index is 0.957. The van der Waals surface area contributed by atoms with Crippen molar-refractivity contribution in [3.63, 3.8) is 0 Å². The molecule has 0 aromatic carbocycles. The summed E-state index contributed by atoms with van der Waals surface area (Å²) in [5.74, 6) is 0.957. The van der Waals surface area contributed by atoms with E-state index in [1.165, 1.54) is 52.4 Å². The molecule has 0 aromatic heterocycles. The van der Waals surface area contributed by atoms with Crippen molar-refractivity contribution in [1.82, 2.24) is 15.1 Å². The van der Waals surface area contributed by atoms with E-state index in [0.29, 0.717) is 0 Å². The highest BCUT2D eigenvalue weighted by Crippen LogP contribution is 2.15. The third-order valence-electron chi connectivity index (χ3n) is 3.21. The van der Waals surface area contributed by atoms with Crippen LogP contribution in [0.1, 0.15) is 20.8 Å². The molecule has 0 bridgehead atoms. The van der Waals surface area contributed by atoms with E-state index < -0.39 is 0 Å². The molecule has 2 heterocycles. The van der Waals surface area contributed by atoms with Gasteiger partial charge in [-0.3, -0.25) is 0 Å². The molecule has 2 saturated heterocycles. The molecule has 0 spiro atoms. The summed E-state index contributed by atoms with van der Waals surface area (Å²) < 4.78 is 0. The van der Waals surface area contributed by atoms with Crippen molar-refractivity contribution >= 4 is 0 Å². The lowest BCUT2D eigenvalue weighted by atomic mass is 9.99. The Morgan fingerprint density at radius 2 is 1.67 bits per heavy atom. The molecule has 0 atom stereocenters. The van der Waals surface area contributed by atoms with E-state index in [9.17, 15) is 0 Å². The van der Waals surface area contributed by atoms with Crippen LogP contribution in [0.5, 0.6) is 0 Å². The molecular formula is C12H27N3. The second-order valence-electron chi connectivity index (χ2n) is 4.27. The van der Waals surface area contributed by atoms with Crippen molar-refractivity contribution in [2.75, 3.05) is 52.4 Å². The van der Waals surface area contributed by atoms with Gasteiger partial charge >= 0.3 is 0 Å². The topological polar surface area (TPSA) is 18.5 Å². The van der Waals surface area contributed by atoms with Crippen LogP contribution in [0.25, 0.3) is 0 Å². The van der Waals surface area contributed by atoms with Crippen molar-refractivity contribution in [2.45, 2.75) is 20.8 Å². The van der Waals surface area contributed by atoms with Gasteiger partial charge in [-0.05, 0) is 12.5 Å². The van der Waals surface area contributed by atoms with Crippen molar-refractivity contribution in [2.24, 2.45) is 5.92 Å². The maximum atomic E-state index is 3.39. The van der Waals surface area contributed by atoms with Gasteiger partial charge in [-0.15, -0.1) is 0 Å². The maximum Gasteiger partial charge on any atom is 0.0108 e. The molecule has 1 N–H and O–H groups in total. The Bertz CT molecular complexity index is 149. The molecule has 0 amide bonds. The van der Waals surface area contributed by atoms with Gasteiger partial charge < -0.3 is 15.1 Å². The standard InChI is InChI=1S/C10H21N3.C2H6/c1-2-12-7-10(8-12)9-13-5-3-11-4-6-13;1-2/h10-11H,2-9H2,1H3;1-2H3. The van der Waals surface area contributed by atoms with Gasteiger partial charge in [-0.25, -0.2) is 0 Å². The Kier molecular flexibility index (Phi) is 6.22. The minimum Gasteiger partial charge on any atom is -0.314 e. The fourth-order valence-electron chi connectivity index (χ4n) is 2.31. The third-order valence-corrected chi connectivity index (χ3v) is 3.21. The Labute approximate surface area is 94.8 Å². The number of hydrogen-bond acceptors (Lipinski definition) is 3. The van der Waals surface area contributed by atoms with Gasteiger partial charge in [-0.1, -0.05) is 20.8 Å². The van der Waals surface area contributed by atoms with Crippen LogP contribution in [0.3, 0.4) is 0 Å². The van der Waals surface area contributed by atoms with E-state index in [0.717, 1.165) is 5.92 Å². The smallest absolute Gasteiger partial charge is 0.0108 e. The van der Waals surface area contributed by atoms with Crippen LogP contribution in [0.4, 0.5) is 0 Å². The number of nitrogens with zero attached hydrogens (tertiary/aromatic N) is 2. The summed E-state index contributed by atoms with van der Waals surface area (Å²) >= 11 is 0. The quantitative estimate of drug-likeness (QED) is 0.750. The van der Waals surface area contributed by atoms with Gasteiger partial charge in [0.15, 0.2) is 0 Å². The molecule has 3 heteroatoms. The summed E-state index contributed by atoms with van der Waals surface area (Å²) in [7, 11) is 0. The highest BCUT2D eigenvalue weighted by atomic mass is 15.2. The molecule has 2 fully saturated rings. The molecule has 0 radical (unpaired) electrons. The summed E-state index contributed by atoms with van der Waals surface area (Å²) in [6.07, 6.45) is 0. The van der Waals surface area contributed by atoms with E-state index in [-0.39, 0.29) is 0 Å². The van der Waals surface area contributed by atoms with E-state index in [1.807, 2.05) is 13.8 Å². The molecule has 2 rings (SSSR count). The summed E-state index contributed by atoms with van der Waals surface area (Å²) in [6, 6.07) is 0. The van der Waals surface area contributed by atoms with Crippen molar-refractivity contribution in [3.8, 4) is 0 Å². The van der Waals surface area contributed by atoms with Gasteiger partial charge in [-0.2, -0.15) is 0 Å². The van der Waals surface area contributed by atoms with Crippen LogP contribution < -0.4 is 5.32 Å². The second-order valence-corrected chi connectivity index (χ2v) is 4.27. The van der Waals surface area contributed by atoms with Crippen molar-refractivity contribution in [1.29, 1.82) is 0 Å². The molecule has 90 valence electrons. The predicted octanol–water partition coefficient (Wildman–Crippen LogP) is 0.870. The number of piperazine rings is 1. The monoisotopic (exact) mass is 213 g/mol. The van der Waals surface area contributed by atoms with Crippen molar-refractivity contribution < 1.29 is 0 Å². The van der Waals surface area contributed by atoms with Gasteiger partial charge in [0, 0.05) is 45.8 Å². The zero-order valence-corrected chi connectivity index (χ0v) is 10.6. The van der Waals surface area contributed by atoms with Gasteiger partial charge in [0.05, 0.1) is 0 Å². The highest BCUT2D eigenvalue weighted by molar-refractivity contribution is 4.82. The highest BCUT2D eigenvalue weighted by Gasteiger charge is 2.27. The lowest BCUT2D eigenvalue weighted by Crippen LogP contribution is -2.53. The number of nitrogens with one attached hydrogen (secondary N) is 1. The van der Waals surface area contributed by atoms with Gasteiger partial charge in [0.25, 0.3) is 0 Å². The SMILES string of the molecule is CC.CCN1CC(CN2CCNCC2)C1. The van der Waals surface area contributed by atoms with E-state index in [4.69, 9.17) is 0 Å². The molecule has 0 unspecified atom stereocenters. The fraction of sp³-hybridized carbons (Fsp3) is 1.00. The number of rotatable bonds is 3. The van der Waals surface area contributed by atoms with Crippen LogP contribution in [0.2, 0.25) is 0 Å². The molecule has 0 aromatic rings. The Balaban J connectivity index is 0.000000531. The molecular weight excluding hydrogens is 186 g/mol. The first-order valence-electron chi connectivity index (χ1n) is 6.54. The molecule has 2 aliphatic rings. The lowest BCUT2D eigenvalue weighted by molar-refractivity contribution is 0.0682. The average Bonchev–Trinajstić information content (AvgIpc) is 2.27. The minimum atomic E-state index is 0.957. The largest absolute Gasteiger partial charge is 0.314 e. The van der Waals surface area contributed by atoms with Crippen LogP contribution >= 0.6 is 0 Å². The van der Waals surface area contributed by atoms with Crippen LogP contribution in [-0.2, 0) is 0 Å². The Morgan fingerprint density at radius 1 is 1.07 bits per heavy atom. The number of likely N-dealkylation sites (tertiary alicyclic amines) is 1. The summed E-state index contributed by atoms with van der Waals surface area (Å²) in [6.45, 7) is 16.4. The first-order chi connectivity index (χ1) is 7.38. The van der Waals surface area contributed by atoms with E-state index >= 15 is 0 Å².